The molecular formula is C46H56BBrN2O2. The van der Waals surface area contributed by atoms with Gasteiger partial charge >= 0.3 is 7.12 Å². The number of para-hydroxylation sites is 2. The van der Waals surface area contributed by atoms with Gasteiger partial charge in [-0.2, -0.15) is 0 Å². The van der Waals surface area contributed by atoms with Gasteiger partial charge in [-0.3, -0.25) is 0 Å². The second-order valence-electron chi connectivity index (χ2n) is 18.0. The molecule has 9 rings (SSSR count). The van der Waals surface area contributed by atoms with Crippen LogP contribution in [0.15, 0.2) is 102 Å². The van der Waals surface area contributed by atoms with Crippen molar-refractivity contribution in [3.05, 3.63) is 113 Å². The maximum Gasteiger partial charge on any atom is 0.494 e. The van der Waals surface area contributed by atoms with E-state index in [1.165, 1.54) is 89.7 Å². The van der Waals surface area contributed by atoms with Gasteiger partial charge in [-0.15, -0.1) is 0 Å². The standard InChI is InChI=1S/C26H34BNO2.C20H22BrN/c1-23(2)24(3,4)30-27(29-23)19-14-15-22-21(18-19)25(5)16-10-11-17-26(25,6)28(22)20-12-8-7-9-13-20;1-19-12-6-7-13-20(19,2)22(16-8-4-3-5-9-16)18-11-10-15(21)14-17(18)19/h7-9,12-15,18H,10-11,16-17H2,1-6H3;3-5,8-11,14H,6-7,12-13H2,1-2H3. The lowest BCUT2D eigenvalue weighted by molar-refractivity contribution is 0.00578. The lowest BCUT2D eigenvalue weighted by atomic mass is 9.61. The van der Waals surface area contributed by atoms with Crippen LogP contribution < -0.4 is 15.3 Å². The van der Waals surface area contributed by atoms with Gasteiger partial charge in [0.2, 0.25) is 0 Å². The highest BCUT2D eigenvalue weighted by Crippen LogP contribution is 2.62. The van der Waals surface area contributed by atoms with Crippen molar-refractivity contribution in [2.24, 2.45) is 0 Å². The highest BCUT2D eigenvalue weighted by molar-refractivity contribution is 9.10. The molecule has 0 spiro atoms. The van der Waals surface area contributed by atoms with Crippen molar-refractivity contribution in [1.82, 2.24) is 0 Å². The van der Waals surface area contributed by atoms with Gasteiger partial charge in [-0.05, 0) is 132 Å². The van der Waals surface area contributed by atoms with E-state index in [2.05, 4.69) is 178 Å². The number of hydrogen-bond acceptors (Lipinski definition) is 4. The molecule has 2 aliphatic carbocycles. The second kappa shape index (κ2) is 12.5. The summed E-state index contributed by atoms with van der Waals surface area (Å²) in [5, 5.41) is 0. The van der Waals surface area contributed by atoms with E-state index < -0.39 is 0 Å². The minimum absolute atomic E-state index is 0.0729. The highest BCUT2D eigenvalue weighted by atomic mass is 79.9. The van der Waals surface area contributed by atoms with Gasteiger partial charge in [0.1, 0.15) is 0 Å². The molecule has 1 saturated heterocycles. The summed E-state index contributed by atoms with van der Waals surface area (Å²) in [6, 6.07) is 35.5. The van der Waals surface area contributed by atoms with Crippen molar-refractivity contribution in [2.45, 2.75) is 140 Å². The van der Waals surface area contributed by atoms with Crippen molar-refractivity contribution in [2.75, 3.05) is 9.80 Å². The first-order valence-electron chi connectivity index (χ1n) is 19.7. The molecule has 4 unspecified atom stereocenters. The Bertz CT molecular complexity index is 1950. The van der Waals surface area contributed by atoms with Gasteiger partial charge in [0.05, 0.1) is 22.3 Å². The first-order chi connectivity index (χ1) is 24.7. The van der Waals surface area contributed by atoms with Crippen LogP contribution in [0.1, 0.15) is 118 Å². The van der Waals surface area contributed by atoms with Crippen LogP contribution in [0.2, 0.25) is 0 Å². The zero-order valence-corrected chi connectivity index (χ0v) is 34.1. The Morgan fingerprint density at radius 2 is 0.942 bits per heavy atom. The van der Waals surface area contributed by atoms with Crippen molar-refractivity contribution in [1.29, 1.82) is 0 Å². The third kappa shape index (κ3) is 5.21. The van der Waals surface area contributed by atoms with Crippen LogP contribution in [0.4, 0.5) is 22.7 Å². The summed E-state index contributed by atoms with van der Waals surface area (Å²) in [6.45, 7) is 18.4. The Morgan fingerprint density at radius 3 is 1.42 bits per heavy atom. The number of benzene rings is 4. The fourth-order valence-corrected chi connectivity index (χ4v) is 10.9. The van der Waals surface area contributed by atoms with Gasteiger partial charge in [0.15, 0.2) is 0 Å². The van der Waals surface area contributed by atoms with Gasteiger partial charge < -0.3 is 19.1 Å². The molecular weight excluding hydrogens is 703 g/mol. The molecule has 5 aliphatic rings. The van der Waals surface area contributed by atoms with E-state index >= 15 is 0 Å². The molecule has 3 heterocycles. The van der Waals surface area contributed by atoms with Gasteiger partial charge in [0, 0.05) is 38.1 Å². The average molecular weight is 760 g/mol. The molecule has 4 atom stereocenters. The van der Waals surface area contributed by atoms with Crippen LogP contribution in [-0.2, 0) is 20.1 Å². The van der Waals surface area contributed by atoms with E-state index in [0.717, 1.165) is 5.46 Å². The van der Waals surface area contributed by atoms with E-state index in [-0.39, 0.29) is 40.2 Å². The van der Waals surface area contributed by atoms with Crippen LogP contribution in [0.5, 0.6) is 0 Å². The molecule has 4 aromatic carbocycles. The summed E-state index contributed by atoms with van der Waals surface area (Å²) in [5.41, 5.74) is 9.34. The summed E-state index contributed by atoms with van der Waals surface area (Å²) in [7, 11) is -0.315. The fourth-order valence-electron chi connectivity index (χ4n) is 10.5. The van der Waals surface area contributed by atoms with Crippen molar-refractivity contribution in [3.8, 4) is 0 Å². The highest BCUT2D eigenvalue weighted by Gasteiger charge is 2.59. The lowest BCUT2D eigenvalue weighted by Gasteiger charge is -2.50. The van der Waals surface area contributed by atoms with Crippen molar-refractivity contribution in [3.63, 3.8) is 0 Å². The Kier molecular flexibility index (Phi) is 8.64. The molecule has 0 radical (unpaired) electrons. The average Bonchev–Trinajstić information content (AvgIpc) is 3.57. The van der Waals surface area contributed by atoms with Crippen molar-refractivity contribution >= 4 is 51.3 Å². The monoisotopic (exact) mass is 758 g/mol. The van der Waals surface area contributed by atoms with E-state index in [9.17, 15) is 0 Å². The quantitative estimate of drug-likeness (QED) is 0.194. The third-order valence-corrected chi connectivity index (χ3v) is 15.2. The predicted molar refractivity (Wildman–Crippen MR) is 222 cm³/mol. The van der Waals surface area contributed by atoms with Gasteiger partial charge in [0.25, 0.3) is 0 Å². The Hall–Kier alpha value is -3.06. The molecule has 4 nitrogen and oxygen atoms in total. The normalized spacial score (nSPS) is 30.9. The molecule has 0 bridgehead atoms. The van der Waals surface area contributed by atoms with E-state index in [0.29, 0.717) is 0 Å². The number of anilines is 4. The molecule has 0 aromatic heterocycles. The van der Waals surface area contributed by atoms with E-state index in [1.807, 2.05) is 0 Å². The molecule has 0 amide bonds. The molecule has 3 fully saturated rings. The summed E-state index contributed by atoms with van der Waals surface area (Å²) in [6.07, 6.45) is 10.2. The van der Waals surface area contributed by atoms with Crippen LogP contribution in [0.3, 0.4) is 0 Å². The first kappa shape index (κ1) is 35.9. The molecule has 0 N–H and O–H groups in total. The van der Waals surface area contributed by atoms with Gasteiger partial charge in [-0.1, -0.05) is 104 Å². The zero-order valence-electron chi connectivity index (χ0n) is 32.6. The molecule has 6 heteroatoms. The topological polar surface area (TPSA) is 24.9 Å². The summed E-state index contributed by atoms with van der Waals surface area (Å²) < 4.78 is 13.9. The van der Waals surface area contributed by atoms with E-state index in [1.54, 1.807) is 0 Å². The maximum absolute atomic E-state index is 6.38. The Morgan fingerprint density at radius 1 is 0.519 bits per heavy atom. The smallest absolute Gasteiger partial charge is 0.399 e. The number of hydrogen-bond donors (Lipinski definition) is 0. The number of nitrogens with zero attached hydrogens (tertiary/aromatic N) is 2. The van der Waals surface area contributed by atoms with Crippen LogP contribution >= 0.6 is 15.9 Å². The Balaban J connectivity index is 0.000000156. The summed E-state index contributed by atoms with van der Waals surface area (Å²) in [4.78, 5) is 5.21. The SMILES string of the molecule is CC1(C)OB(c2ccc3c(c2)C2(C)CCCCC2(C)N3c2ccccc2)OC1(C)C.CC12CCCCC1(C)N(c1ccccc1)c1ccc(Br)cc12. The first-order valence-corrected chi connectivity index (χ1v) is 20.5. The summed E-state index contributed by atoms with van der Waals surface area (Å²) in [5.74, 6) is 0. The summed E-state index contributed by atoms with van der Waals surface area (Å²) >= 11 is 3.68. The molecule has 3 aliphatic heterocycles. The van der Waals surface area contributed by atoms with Crippen LogP contribution in [0.25, 0.3) is 0 Å². The molecule has 2 saturated carbocycles. The van der Waals surface area contributed by atoms with Gasteiger partial charge in [-0.25, -0.2) is 0 Å². The van der Waals surface area contributed by atoms with Crippen LogP contribution in [-0.4, -0.2) is 29.4 Å². The second-order valence-corrected chi connectivity index (χ2v) is 18.9. The van der Waals surface area contributed by atoms with Crippen LogP contribution in [0, 0.1) is 0 Å². The largest absolute Gasteiger partial charge is 0.494 e. The van der Waals surface area contributed by atoms with Crippen molar-refractivity contribution < 1.29 is 9.31 Å². The number of rotatable bonds is 3. The fraction of sp³-hybridized carbons (Fsp3) is 0.478. The third-order valence-electron chi connectivity index (χ3n) is 14.7. The Labute approximate surface area is 321 Å². The lowest BCUT2D eigenvalue weighted by Crippen LogP contribution is -2.54. The minimum Gasteiger partial charge on any atom is -0.399 e. The maximum atomic E-state index is 6.38. The zero-order chi connectivity index (χ0) is 36.7. The molecule has 4 aromatic rings. The van der Waals surface area contributed by atoms with E-state index in [4.69, 9.17) is 9.31 Å². The predicted octanol–water partition coefficient (Wildman–Crippen LogP) is 11.9. The minimum atomic E-state index is -0.323. The number of halogens is 1. The number of fused-ring (bicyclic) bond motifs is 6. The molecule has 52 heavy (non-hydrogen) atoms. The molecule has 272 valence electrons.